The van der Waals surface area contributed by atoms with Gasteiger partial charge in [-0.3, -0.25) is 9.79 Å². The number of carbonyl (C=O) groups excluding carboxylic acids is 1. The van der Waals surface area contributed by atoms with Gasteiger partial charge in [0.15, 0.2) is 15.8 Å². The van der Waals surface area contributed by atoms with Crippen molar-refractivity contribution < 1.29 is 13.2 Å². The zero-order valence-electron chi connectivity index (χ0n) is 17.0. The minimum atomic E-state index is -2.96. The van der Waals surface area contributed by atoms with Crippen molar-refractivity contribution in [2.75, 3.05) is 31.1 Å². The number of unbranched alkanes of at least 4 members (excludes halogenated alkanes) is 1. The molecule has 2 fully saturated rings. The van der Waals surface area contributed by atoms with E-state index in [9.17, 15) is 13.2 Å². The maximum atomic E-state index is 12.0. The Labute approximate surface area is 187 Å². The average Bonchev–Trinajstić information content (AvgIpc) is 3.24. The topological polar surface area (TPSA) is 99.7 Å². The van der Waals surface area contributed by atoms with E-state index in [-0.39, 0.29) is 47.4 Å². The molecule has 0 aromatic heterocycles. The van der Waals surface area contributed by atoms with Crippen LogP contribution in [0.1, 0.15) is 64.7 Å². The monoisotopic (exact) mass is 528 g/mol. The largest absolute Gasteiger partial charge is 0.357 e. The number of rotatable bonds is 10. The minimum Gasteiger partial charge on any atom is -0.357 e. The van der Waals surface area contributed by atoms with Crippen molar-refractivity contribution >= 4 is 45.7 Å². The first-order chi connectivity index (χ1) is 13.0. The summed E-state index contributed by atoms with van der Waals surface area (Å²) >= 11 is 0. The number of halogens is 1. The summed E-state index contributed by atoms with van der Waals surface area (Å²) in [5.41, 5.74) is 0. The van der Waals surface area contributed by atoms with Crippen molar-refractivity contribution in [3.05, 3.63) is 0 Å². The fraction of sp³-hybridized carbons (Fsp3) is 0.895. The van der Waals surface area contributed by atoms with Gasteiger partial charge in [-0.1, -0.05) is 38.5 Å². The van der Waals surface area contributed by atoms with E-state index < -0.39 is 9.84 Å². The third-order valence-corrected chi connectivity index (χ3v) is 7.12. The summed E-state index contributed by atoms with van der Waals surface area (Å²) in [7, 11) is -2.96. The third kappa shape index (κ3) is 10.3. The van der Waals surface area contributed by atoms with Gasteiger partial charge in [-0.25, -0.2) is 8.42 Å². The van der Waals surface area contributed by atoms with Crippen LogP contribution in [0.3, 0.4) is 0 Å². The number of aliphatic imine (C=N–C) groups is 1. The maximum absolute atomic E-state index is 12.0. The van der Waals surface area contributed by atoms with Gasteiger partial charge < -0.3 is 16.0 Å². The smallest absolute Gasteiger partial charge is 0.222 e. The molecule has 0 aromatic carbocycles. The molecule has 3 N–H and O–H groups in total. The quantitative estimate of drug-likeness (QED) is 0.175. The second-order valence-electron chi connectivity index (χ2n) is 7.75. The van der Waals surface area contributed by atoms with Gasteiger partial charge in [-0.15, -0.1) is 24.0 Å². The predicted octanol–water partition coefficient (Wildman–Crippen LogP) is 2.21. The lowest BCUT2D eigenvalue weighted by atomic mass is 10.0. The van der Waals surface area contributed by atoms with Gasteiger partial charge >= 0.3 is 0 Å². The summed E-state index contributed by atoms with van der Waals surface area (Å²) < 4.78 is 22.9. The summed E-state index contributed by atoms with van der Waals surface area (Å²) in [5.74, 6) is 1.81. The molecule has 1 unspecified atom stereocenters. The van der Waals surface area contributed by atoms with Gasteiger partial charge in [0.25, 0.3) is 0 Å². The van der Waals surface area contributed by atoms with Crippen LogP contribution in [0.5, 0.6) is 0 Å². The maximum Gasteiger partial charge on any atom is 0.222 e. The van der Waals surface area contributed by atoms with Crippen LogP contribution in [0.25, 0.3) is 0 Å². The van der Waals surface area contributed by atoms with Crippen LogP contribution < -0.4 is 16.0 Å². The molecule has 7 nitrogen and oxygen atoms in total. The number of nitrogens with zero attached hydrogens (tertiary/aromatic N) is 1. The van der Waals surface area contributed by atoms with E-state index >= 15 is 0 Å². The van der Waals surface area contributed by atoms with Crippen LogP contribution in [-0.2, 0) is 14.6 Å². The molecule has 0 spiro atoms. The number of carbonyl (C=O) groups is 1. The highest BCUT2D eigenvalue weighted by atomic mass is 127. The third-order valence-electron chi connectivity index (χ3n) is 5.35. The standard InChI is InChI=1S/C19H36N4O3S.HI/c1-2-20-19(21-12-6-5-9-16-7-3-4-8-16)22-13-10-18(24)23-17-11-14-27(25,26)15-17;/h16-17H,2-15H2,1H3,(H,23,24)(H2,20,21,22);1H. The van der Waals surface area contributed by atoms with E-state index in [4.69, 9.17) is 0 Å². The Morgan fingerprint density at radius 1 is 1.11 bits per heavy atom. The molecule has 1 saturated heterocycles. The van der Waals surface area contributed by atoms with Crippen LogP contribution in [0.2, 0.25) is 0 Å². The van der Waals surface area contributed by atoms with Crippen molar-refractivity contribution in [3.63, 3.8) is 0 Å². The molecule has 0 aromatic rings. The molecule has 9 heteroatoms. The molecule has 164 valence electrons. The predicted molar refractivity (Wildman–Crippen MR) is 125 cm³/mol. The number of hydrogen-bond acceptors (Lipinski definition) is 4. The van der Waals surface area contributed by atoms with Crippen LogP contribution in [-0.4, -0.2) is 57.5 Å². The van der Waals surface area contributed by atoms with Crippen molar-refractivity contribution in [1.82, 2.24) is 16.0 Å². The zero-order chi connectivity index (χ0) is 19.5. The fourth-order valence-corrected chi connectivity index (χ4v) is 5.55. The highest BCUT2D eigenvalue weighted by Crippen LogP contribution is 2.28. The lowest BCUT2D eigenvalue weighted by Gasteiger charge is -2.13. The summed E-state index contributed by atoms with van der Waals surface area (Å²) in [6.07, 6.45) is 10.1. The molecule has 2 rings (SSSR count). The van der Waals surface area contributed by atoms with Gasteiger partial charge in [0, 0.05) is 32.1 Å². The van der Waals surface area contributed by atoms with E-state index in [1.54, 1.807) is 0 Å². The first-order valence-corrected chi connectivity index (χ1v) is 12.3. The molecule has 1 amide bonds. The number of nitrogens with one attached hydrogen (secondary N) is 3. The SMILES string of the molecule is CCNC(=NCCCCC1CCCC1)NCCC(=O)NC1CCS(=O)(=O)C1.I. The first-order valence-electron chi connectivity index (χ1n) is 10.5. The Morgan fingerprint density at radius 3 is 2.50 bits per heavy atom. The summed E-state index contributed by atoms with van der Waals surface area (Å²) in [4.78, 5) is 16.5. The van der Waals surface area contributed by atoms with Crippen molar-refractivity contribution in [1.29, 1.82) is 0 Å². The molecule has 2 aliphatic rings. The van der Waals surface area contributed by atoms with Crippen LogP contribution >= 0.6 is 24.0 Å². The van der Waals surface area contributed by atoms with Gasteiger partial charge in [-0.2, -0.15) is 0 Å². The molecule has 1 saturated carbocycles. The summed E-state index contributed by atoms with van der Waals surface area (Å²) in [5, 5.41) is 9.19. The Morgan fingerprint density at radius 2 is 1.86 bits per heavy atom. The second-order valence-corrected chi connectivity index (χ2v) is 9.98. The van der Waals surface area contributed by atoms with Crippen LogP contribution in [0, 0.1) is 5.92 Å². The lowest BCUT2D eigenvalue weighted by Crippen LogP contribution is -2.41. The number of guanidine groups is 1. The van der Waals surface area contributed by atoms with E-state index in [0.29, 0.717) is 19.4 Å². The second kappa shape index (κ2) is 13.6. The van der Waals surface area contributed by atoms with Crippen molar-refractivity contribution in [3.8, 4) is 0 Å². The number of hydrogen-bond donors (Lipinski definition) is 3. The summed E-state index contributed by atoms with van der Waals surface area (Å²) in [6.45, 7) is 4.08. The number of amides is 1. The van der Waals surface area contributed by atoms with Gasteiger partial charge in [0.2, 0.25) is 5.91 Å². The number of sulfone groups is 1. The Bertz CT molecular complexity index is 592. The molecule has 1 aliphatic carbocycles. The van der Waals surface area contributed by atoms with E-state index in [1.807, 2.05) is 6.92 Å². The van der Waals surface area contributed by atoms with Gasteiger partial charge in [-0.05, 0) is 25.7 Å². The molecular weight excluding hydrogens is 491 g/mol. The Hall–Kier alpha value is -0.580. The minimum absolute atomic E-state index is 0. The Kier molecular flexibility index (Phi) is 12.4. The van der Waals surface area contributed by atoms with E-state index in [0.717, 1.165) is 31.4 Å². The average molecular weight is 529 g/mol. The molecule has 0 radical (unpaired) electrons. The first kappa shape index (κ1) is 25.5. The van der Waals surface area contributed by atoms with E-state index in [2.05, 4.69) is 20.9 Å². The van der Waals surface area contributed by atoms with Crippen LogP contribution in [0.15, 0.2) is 4.99 Å². The molecule has 28 heavy (non-hydrogen) atoms. The normalized spacial score (nSPS) is 21.9. The molecule has 1 aliphatic heterocycles. The molecule has 0 bridgehead atoms. The highest BCUT2D eigenvalue weighted by molar-refractivity contribution is 14.0. The molecule has 1 heterocycles. The van der Waals surface area contributed by atoms with Crippen molar-refractivity contribution in [2.45, 2.75) is 70.8 Å². The lowest BCUT2D eigenvalue weighted by molar-refractivity contribution is -0.121. The van der Waals surface area contributed by atoms with Gasteiger partial charge in [0.1, 0.15) is 0 Å². The fourth-order valence-electron chi connectivity index (χ4n) is 3.88. The zero-order valence-corrected chi connectivity index (χ0v) is 20.2. The van der Waals surface area contributed by atoms with Gasteiger partial charge in [0.05, 0.1) is 11.5 Å². The molecular formula is C19H37IN4O3S. The van der Waals surface area contributed by atoms with Crippen LogP contribution in [0.4, 0.5) is 0 Å². The van der Waals surface area contributed by atoms with Crippen molar-refractivity contribution in [2.24, 2.45) is 10.9 Å². The highest BCUT2D eigenvalue weighted by Gasteiger charge is 2.28. The Balaban J connectivity index is 0.00000392. The summed E-state index contributed by atoms with van der Waals surface area (Å²) in [6, 6.07) is -0.232. The van der Waals surface area contributed by atoms with E-state index in [1.165, 1.54) is 38.5 Å². The molecule has 1 atom stereocenters.